The summed E-state index contributed by atoms with van der Waals surface area (Å²) in [6, 6.07) is 13.7. The Morgan fingerprint density at radius 2 is 1.72 bits per heavy atom. The number of aromatic nitrogens is 2. The summed E-state index contributed by atoms with van der Waals surface area (Å²) in [5.41, 5.74) is 1.80. The fraction of sp³-hybridized carbons (Fsp3) is 0.111. The third-order valence-corrected chi connectivity index (χ3v) is 3.70. The van der Waals surface area contributed by atoms with Crippen molar-refractivity contribution in [3.8, 4) is 11.5 Å². The first-order valence-corrected chi connectivity index (χ1v) is 7.73. The van der Waals surface area contributed by atoms with Crippen molar-refractivity contribution in [2.45, 2.75) is 6.54 Å². The number of halogens is 1. The van der Waals surface area contributed by atoms with Crippen LogP contribution in [0.3, 0.4) is 0 Å². The van der Waals surface area contributed by atoms with Gasteiger partial charge in [-0.05, 0) is 29.8 Å². The highest BCUT2D eigenvalue weighted by molar-refractivity contribution is 5.63. The molecule has 3 aromatic rings. The van der Waals surface area contributed by atoms with Crippen LogP contribution >= 0.6 is 0 Å². The molecule has 2 aromatic carbocycles. The molecule has 1 aromatic heterocycles. The van der Waals surface area contributed by atoms with Crippen molar-refractivity contribution in [1.82, 2.24) is 9.97 Å². The predicted octanol–water partition coefficient (Wildman–Crippen LogP) is 3.70. The Kier molecular flexibility index (Phi) is 4.04. The largest absolute Gasteiger partial charge is 0.454 e. The van der Waals surface area contributed by atoms with Gasteiger partial charge in [0.05, 0.1) is 0 Å². The molecule has 0 spiro atoms. The molecule has 1 aliphatic heterocycles. The Morgan fingerprint density at radius 1 is 0.920 bits per heavy atom. The smallest absolute Gasteiger partial charge is 0.231 e. The molecule has 7 heteroatoms. The highest BCUT2D eigenvalue weighted by Crippen LogP contribution is 2.34. The summed E-state index contributed by atoms with van der Waals surface area (Å²) in [6.45, 7) is 0.782. The number of benzene rings is 2. The highest BCUT2D eigenvalue weighted by Gasteiger charge is 2.13. The molecule has 0 saturated heterocycles. The first-order valence-electron chi connectivity index (χ1n) is 7.73. The lowest BCUT2D eigenvalue weighted by Crippen LogP contribution is -2.03. The van der Waals surface area contributed by atoms with E-state index < -0.39 is 0 Å². The van der Waals surface area contributed by atoms with Gasteiger partial charge in [-0.2, -0.15) is 0 Å². The molecule has 0 aliphatic carbocycles. The number of hydrogen-bond donors (Lipinski definition) is 2. The second-order valence-corrected chi connectivity index (χ2v) is 5.46. The third-order valence-electron chi connectivity index (χ3n) is 3.70. The van der Waals surface area contributed by atoms with Gasteiger partial charge in [-0.25, -0.2) is 14.4 Å². The van der Waals surface area contributed by atoms with E-state index in [0.717, 1.165) is 17.0 Å². The van der Waals surface area contributed by atoms with Crippen LogP contribution in [-0.2, 0) is 6.54 Å². The normalized spacial score (nSPS) is 12.0. The van der Waals surface area contributed by atoms with Gasteiger partial charge in [0.1, 0.15) is 23.8 Å². The summed E-state index contributed by atoms with van der Waals surface area (Å²) in [5, 5.41) is 6.39. The second kappa shape index (κ2) is 6.64. The van der Waals surface area contributed by atoms with E-state index in [1.165, 1.54) is 18.5 Å². The van der Waals surface area contributed by atoms with E-state index in [4.69, 9.17) is 9.47 Å². The van der Waals surface area contributed by atoms with Crippen molar-refractivity contribution in [2.24, 2.45) is 0 Å². The lowest BCUT2D eigenvalue weighted by Gasteiger charge is -2.09. The number of ether oxygens (including phenoxy) is 2. The van der Waals surface area contributed by atoms with Gasteiger partial charge in [-0.1, -0.05) is 12.1 Å². The number of nitrogens with one attached hydrogen (secondary N) is 2. The summed E-state index contributed by atoms with van der Waals surface area (Å²) in [4.78, 5) is 8.40. The van der Waals surface area contributed by atoms with E-state index in [0.29, 0.717) is 23.9 Å². The average Bonchev–Trinajstić information content (AvgIpc) is 3.09. The number of rotatable bonds is 5. The number of fused-ring (bicyclic) bond motifs is 1. The standard InChI is InChI=1S/C18H15FN4O2/c19-13-3-1-12(2-4-13)9-20-17-8-18(22-10-21-17)23-14-5-6-15-16(7-14)25-11-24-15/h1-8,10H,9,11H2,(H2,20,21,22,23). The maximum atomic E-state index is 12.9. The lowest BCUT2D eigenvalue weighted by molar-refractivity contribution is 0.174. The average molecular weight is 338 g/mol. The summed E-state index contributed by atoms with van der Waals surface area (Å²) >= 11 is 0. The quantitative estimate of drug-likeness (QED) is 0.739. The molecule has 1 aliphatic rings. The molecule has 4 rings (SSSR count). The fourth-order valence-corrected chi connectivity index (χ4v) is 2.44. The summed E-state index contributed by atoms with van der Waals surface area (Å²) in [6.07, 6.45) is 1.47. The van der Waals surface area contributed by atoms with Crippen LogP contribution < -0.4 is 20.1 Å². The van der Waals surface area contributed by atoms with E-state index >= 15 is 0 Å². The Morgan fingerprint density at radius 3 is 2.60 bits per heavy atom. The molecule has 25 heavy (non-hydrogen) atoms. The van der Waals surface area contributed by atoms with Gasteiger partial charge < -0.3 is 20.1 Å². The van der Waals surface area contributed by atoms with Crippen molar-refractivity contribution >= 4 is 17.3 Å². The Hall–Kier alpha value is -3.35. The first-order chi connectivity index (χ1) is 12.3. The van der Waals surface area contributed by atoms with Crippen molar-refractivity contribution < 1.29 is 13.9 Å². The van der Waals surface area contributed by atoms with Gasteiger partial charge >= 0.3 is 0 Å². The van der Waals surface area contributed by atoms with Crippen molar-refractivity contribution in [2.75, 3.05) is 17.4 Å². The molecule has 6 nitrogen and oxygen atoms in total. The maximum absolute atomic E-state index is 12.9. The summed E-state index contributed by atoms with van der Waals surface area (Å²) in [5.74, 6) is 2.50. The predicted molar refractivity (Wildman–Crippen MR) is 91.6 cm³/mol. The van der Waals surface area contributed by atoms with Crippen LogP contribution in [0.1, 0.15) is 5.56 Å². The van der Waals surface area contributed by atoms with Crippen LogP contribution in [0.5, 0.6) is 11.5 Å². The Balaban J connectivity index is 1.43. The van der Waals surface area contributed by atoms with Crippen molar-refractivity contribution in [1.29, 1.82) is 0 Å². The monoisotopic (exact) mass is 338 g/mol. The zero-order valence-electron chi connectivity index (χ0n) is 13.2. The number of hydrogen-bond acceptors (Lipinski definition) is 6. The number of anilines is 3. The van der Waals surface area contributed by atoms with Crippen molar-refractivity contribution in [3.63, 3.8) is 0 Å². The molecule has 0 bridgehead atoms. The van der Waals surface area contributed by atoms with Gasteiger partial charge in [-0.3, -0.25) is 0 Å². The minimum atomic E-state index is -0.249. The van der Waals surface area contributed by atoms with E-state index in [-0.39, 0.29) is 12.6 Å². The van der Waals surface area contributed by atoms with Crippen LogP contribution in [-0.4, -0.2) is 16.8 Å². The molecule has 0 unspecified atom stereocenters. The number of nitrogens with zero attached hydrogens (tertiary/aromatic N) is 2. The van der Waals surface area contributed by atoms with E-state index in [9.17, 15) is 4.39 Å². The third kappa shape index (κ3) is 3.60. The first kappa shape index (κ1) is 15.2. The molecule has 0 atom stereocenters. The van der Waals surface area contributed by atoms with E-state index in [1.54, 1.807) is 18.2 Å². The lowest BCUT2D eigenvalue weighted by atomic mass is 10.2. The van der Waals surface area contributed by atoms with Crippen LogP contribution in [0.2, 0.25) is 0 Å². The van der Waals surface area contributed by atoms with Crippen LogP contribution in [0, 0.1) is 5.82 Å². The zero-order chi connectivity index (χ0) is 17.1. The molecule has 2 heterocycles. The minimum absolute atomic E-state index is 0.240. The summed E-state index contributed by atoms with van der Waals surface area (Å²) < 4.78 is 23.6. The molecular weight excluding hydrogens is 323 g/mol. The maximum Gasteiger partial charge on any atom is 0.231 e. The van der Waals surface area contributed by atoms with Gasteiger partial charge in [0.2, 0.25) is 6.79 Å². The molecule has 0 radical (unpaired) electrons. The minimum Gasteiger partial charge on any atom is -0.454 e. The molecule has 126 valence electrons. The highest BCUT2D eigenvalue weighted by atomic mass is 19.1. The molecule has 0 saturated carbocycles. The fourth-order valence-electron chi connectivity index (χ4n) is 2.44. The van der Waals surface area contributed by atoms with E-state index in [2.05, 4.69) is 20.6 Å². The SMILES string of the molecule is Fc1ccc(CNc2cc(Nc3ccc4c(c3)OCO4)ncn2)cc1. The topological polar surface area (TPSA) is 68.3 Å². The van der Waals surface area contributed by atoms with Crippen LogP contribution in [0.4, 0.5) is 21.7 Å². The second-order valence-electron chi connectivity index (χ2n) is 5.46. The summed E-state index contributed by atoms with van der Waals surface area (Å²) in [7, 11) is 0. The van der Waals surface area contributed by atoms with E-state index in [1.807, 2.05) is 18.2 Å². The molecule has 0 amide bonds. The molecule has 2 N–H and O–H groups in total. The molecule has 0 fully saturated rings. The van der Waals surface area contributed by atoms with Gasteiger partial charge in [0, 0.05) is 24.4 Å². The molecular formula is C18H15FN4O2. The zero-order valence-corrected chi connectivity index (χ0v) is 13.2. The van der Waals surface area contributed by atoms with Gasteiger partial charge in [0.15, 0.2) is 11.5 Å². The Labute approximate surface area is 143 Å². The van der Waals surface area contributed by atoms with Gasteiger partial charge in [0.25, 0.3) is 0 Å². The van der Waals surface area contributed by atoms with Crippen molar-refractivity contribution in [3.05, 3.63) is 66.2 Å². The van der Waals surface area contributed by atoms with Crippen LogP contribution in [0.25, 0.3) is 0 Å². The Bertz CT molecular complexity index is 886. The van der Waals surface area contributed by atoms with Gasteiger partial charge in [-0.15, -0.1) is 0 Å². The van der Waals surface area contributed by atoms with Crippen LogP contribution in [0.15, 0.2) is 54.9 Å².